The van der Waals surface area contributed by atoms with Crippen LogP contribution >= 0.6 is 0 Å². The number of rotatable bonds is 4. The zero-order valence-corrected chi connectivity index (χ0v) is 6.67. The van der Waals surface area contributed by atoms with Crippen LogP contribution in [0.3, 0.4) is 0 Å². The van der Waals surface area contributed by atoms with E-state index >= 15 is 0 Å². The molecule has 1 heterocycles. The molecule has 0 aliphatic carbocycles. The Labute approximate surface area is 66.1 Å². The highest BCUT2D eigenvalue weighted by atomic mass is 16.5. The van der Waals surface area contributed by atoms with Gasteiger partial charge in [0.25, 0.3) is 0 Å². The fourth-order valence-corrected chi connectivity index (χ4v) is 0.812. The van der Waals surface area contributed by atoms with Crippen molar-refractivity contribution in [2.75, 3.05) is 6.61 Å². The Kier molecular flexibility index (Phi) is 3.14. The molecule has 3 nitrogen and oxygen atoms in total. The topological polar surface area (TPSA) is 48.4 Å². The van der Waals surface area contributed by atoms with Crippen molar-refractivity contribution >= 4 is 0 Å². The van der Waals surface area contributed by atoms with Crippen LogP contribution in [0.1, 0.15) is 18.4 Å². The zero-order valence-electron chi connectivity index (χ0n) is 6.67. The summed E-state index contributed by atoms with van der Waals surface area (Å²) in [6.45, 7) is 3.65. The Morgan fingerprint density at radius 2 is 2.18 bits per heavy atom. The molecule has 0 atom stereocenters. The second-order valence-electron chi connectivity index (χ2n) is 2.21. The Bertz CT molecular complexity index is 208. The summed E-state index contributed by atoms with van der Waals surface area (Å²) < 4.78 is 10.4. The highest BCUT2D eigenvalue weighted by Crippen LogP contribution is 2.07. The lowest BCUT2D eigenvalue weighted by atomic mass is 10.4. The molecule has 3 heteroatoms. The molecular weight excluding hydrogens is 142 g/mol. The highest BCUT2D eigenvalue weighted by Gasteiger charge is 1.98. The van der Waals surface area contributed by atoms with Crippen LogP contribution in [-0.2, 0) is 17.9 Å². The molecule has 0 aliphatic heterocycles. The van der Waals surface area contributed by atoms with Crippen LogP contribution in [0.4, 0.5) is 0 Å². The predicted molar refractivity (Wildman–Crippen MR) is 41.9 cm³/mol. The van der Waals surface area contributed by atoms with Crippen molar-refractivity contribution in [2.24, 2.45) is 5.73 Å². The molecule has 62 valence electrons. The van der Waals surface area contributed by atoms with Crippen molar-refractivity contribution < 1.29 is 9.15 Å². The zero-order chi connectivity index (χ0) is 8.10. The number of furan rings is 1. The summed E-state index contributed by atoms with van der Waals surface area (Å²) in [6, 6.07) is 3.76. The van der Waals surface area contributed by atoms with Crippen LogP contribution in [0.25, 0.3) is 0 Å². The average molecular weight is 155 g/mol. The predicted octanol–water partition coefficient (Wildman–Crippen LogP) is 1.27. The Hall–Kier alpha value is -0.800. The first-order valence-electron chi connectivity index (χ1n) is 3.72. The van der Waals surface area contributed by atoms with Gasteiger partial charge in [0, 0.05) is 6.61 Å². The van der Waals surface area contributed by atoms with Gasteiger partial charge in [-0.25, -0.2) is 0 Å². The van der Waals surface area contributed by atoms with Gasteiger partial charge in [0.2, 0.25) is 0 Å². The molecule has 0 bridgehead atoms. The largest absolute Gasteiger partial charge is 0.462 e. The summed E-state index contributed by atoms with van der Waals surface area (Å²) in [4.78, 5) is 0. The van der Waals surface area contributed by atoms with Crippen molar-refractivity contribution in [2.45, 2.75) is 20.1 Å². The van der Waals surface area contributed by atoms with E-state index in [1.807, 2.05) is 19.1 Å². The van der Waals surface area contributed by atoms with Crippen LogP contribution in [0.2, 0.25) is 0 Å². The first-order valence-corrected chi connectivity index (χ1v) is 3.72. The van der Waals surface area contributed by atoms with Gasteiger partial charge < -0.3 is 14.9 Å². The van der Waals surface area contributed by atoms with Crippen LogP contribution < -0.4 is 5.73 Å². The number of ether oxygens (including phenoxy) is 1. The molecule has 0 saturated heterocycles. The Morgan fingerprint density at radius 1 is 1.45 bits per heavy atom. The van der Waals surface area contributed by atoms with Gasteiger partial charge in [0.05, 0.1) is 6.54 Å². The third-order valence-corrected chi connectivity index (χ3v) is 1.37. The summed E-state index contributed by atoms with van der Waals surface area (Å²) in [5.41, 5.74) is 5.36. The van der Waals surface area contributed by atoms with E-state index in [4.69, 9.17) is 14.9 Å². The van der Waals surface area contributed by atoms with Crippen molar-refractivity contribution in [1.29, 1.82) is 0 Å². The molecule has 0 unspecified atom stereocenters. The molecule has 2 N–H and O–H groups in total. The Morgan fingerprint density at radius 3 is 2.73 bits per heavy atom. The summed E-state index contributed by atoms with van der Waals surface area (Å²) in [7, 11) is 0. The number of hydrogen-bond donors (Lipinski definition) is 1. The van der Waals surface area contributed by atoms with Gasteiger partial charge in [-0.3, -0.25) is 0 Å². The molecule has 0 aromatic carbocycles. The monoisotopic (exact) mass is 155 g/mol. The van der Waals surface area contributed by atoms with Crippen LogP contribution in [0.5, 0.6) is 0 Å². The molecule has 0 radical (unpaired) electrons. The van der Waals surface area contributed by atoms with E-state index in [1.54, 1.807) is 0 Å². The van der Waals surface area contributed by atoms with Gasteiger partial charge in [0.15, 0.2) is 0 Å². The van der Waals surface area contributed by atoms with Gasteiger partial charge >= 0.3 is 0 Å². The average Bonchev–Trinajstić information content (AvgIpc) is 2.48. The second kappa shape index (κ2) is 4.16. The number of hydrogen-bond acceptors (Lipinski definition) is 3. The Balaban J connectivity index is 2.44. The summed E-state index contributed by atoms with van der Waals surface area (Å²) in [6.07, 6.45) is 0. The van der Waals surface area contributed by atoms with Crippen molar-refractivity contribution in [3.05, 3.63) is 23.7 Å². The van der Waals surface area contributed by atoms with Gasteiger partial charge in [-0.1, -0.05) is 0 Å². The summed E-state index contributed by atoms with van der Waals surface area (Å²) >= 11 is 0. The molecular formula is C8H13NO2. The molecule has 11 heavy (non-hydrogen) atoms. The van der Waals surface area contributed by atoms with Gasteiger partial charge in [-0.2, -0.15) is 0 Å². The lowest BCUT2D eigenvalue weighted by Crippen LogP contribution is -1.93. The summed E-state index contributed by atoms with van der Waals surface area (Å²) in [5.74, 6) is 1.65. The summed E-state index contributed by atoms with van der Waals surface area (Å²) in [5, 5.41) is 0. The van der Waals surface area contributed by atoms with E-state index in [2.05, 4.69) is 0 Å². The molecule has 0 aliphatic rings. The second-order valence-corrected chi connectivity index (χ2v) is 2.21. The lowest BCUT2D eigenvalue weighted by molar-refractivity contribution is 0.117. The maximum atomic E-state index is 5.36. The van der Waals surface area contributed by atoms with Crippen LogP contribution in [0, 0.1) is 0 Å². The molecule has 0 spiro atoms. The lowest BCUT2D eigenvalue weighted by Gasteiger charge is -1.95. The van der Waals surface area contributed by atoms with E-state index in [-0.39, 0.29) is 0 Å². The minimum atomic E-state index is 0.451. The fourth-order valence-electron chi connectivity index (χ4n) is 0.812. The normalized spacial score (nSPS) is 10.4. The molecule has 1 rings (SSSR count). The van der Waals surface area contributed by atoms with E-state index < -0.39 is 0 Å². The van der Waals surface area contributed by atoms with Crippen molar-refractivity contribution in [3.63, 3.8) is 0 Å². The quantitative estimate of drug-likeness (QED) is 0.712. The molecule has 0 amide bonds. The van der Waals surface area contributed by atoms with Gasteiger partial charge in [-0.05, 0) is 19.1 Å². The molecule has 0 saturated carbocycles. The van der Waals surface area contributed by atoms with Gasteiger partial charge in [-0.15, -0.1) is 0 Å². The smallest absolute Gasteiger partial charge is 0.129 e. The maximum absolute atomic E-state index is 5.36. The fraction of sp³-hybridized carbons (Fsp3) is 0.500. The molecule has 1 aromatic heterocycles. The van der Waals surface area contributed by atoms with E-state index in [1.165, 1.54) is 0 Å². The van der Waals surface area contributed by atoms with E-state index in [0.717, 1.165) is 11.5 Å². The first kappa shape index (κ1) is 8.30. The van der Waals surface area contributed by atoms with Crippen molar-refractivity contribution in [3.8, 4) is 0 Å². The standard InChI is InChI=1S/C8H13NO2/c1-2-10-6-8-4-3-7(5-9)11-8/h3-4H,2,5-6,9H2,1H3. The minimum Gasteiger partial charge on any atom is -0.462 e. The molecule has 0 fully saturated rings. The number of nitrogens with two attached hydrogens (primary N) is 1. The minimum absolute atomic E-state index is 0.451. The SMILES string of the molecule is CCOCc1ccc(CN)o1. The van der Waals surface area contributed by atoms with Gasteiger partial charge in [0.1, 0.15) is 18.1 Å². The van der Waals surface area contributed by atoms with Crippen LogP contribution in [-0.4, -0.2) is 6.61 Å². The van der Waals surface area contributed by atoms with Crippen molar-refractivity contribution in [1.82, 2.24) is 0 Å². The third-order valence-electron chi connectivity index (χ3n) is 1.37. The van der Waals surface area contributed by atoms with Crippen LogP contribution in [0.15, 0.2) is 16.5 Å². The highest BCUT2D eigenvalue weighted by molar-refractivity contribution is 5.05. The first-order chi connectivity index (χ1) is 5.36. The molecule has 1 aromatic rings. The third kappa shape index (κ3) is 2.37. The van der Waals surface area contributed by atoms with E-state index in [9.17, 15) is 0 Å². The maximum Gasteiger partial charge on any atom is 0.129 e. The van der Waals surface area contributed by atoms with E-state index in [0.29, 0.717) is 19.8 Å².